The number of carboxylic acid groups (broad SMARTS) is 2. The Labute approximate surface area is 307 Å². The first-order chi connectivity index (χ1) is 19.8. The zero-order valence-corrected chi connectivity index (χ0v) is 33.8. The number of rotatable bonds is 6. The maximum atomic E-state index is 9.86. The number of primary amides is 2. The van der Waals surface area contributed by atoms with Crippen molar-refractivity contribution in [1.29, 1.82) is 0 Å². The fraction of sp³-hybridized carbons (Fsp3) is 0.647. The van der Waals surface area contributed by atoms with Crippen molar-refractivity contribution in [1.82, 2.24) is 0 Å². The number of carbonyl (C=O) groups is 4. The molecule has 0 heterocycles. The largest absolute Gasteiger partial charge is 2.00 e. The van der Waals surface area contributed by atoms with E-state index in [1.807, 2.05) is 18.2 Å². The topological polar surface area (TPSA) is 208 Å². The van der Waals surface area contributed by atoms with Crippen molar-refractivity contribution < 1.29 is 71.5 Å². The summed E-state index contributed by atoms with van der Waals surface area (Å²) in [5.74, 6) is -1.17. The minimum Gasteiger partial charge on any atom is -0.756 e. The van der Waals surface area contributed by atoms with E-state index in [9.17, 15) is 19.2 Å². The van der Waals surface area contributed by atoms with Crippen LogP contribution in [0.2, 0.25) is 0 Å². The van der Waals surface area contributed by atoms with E-state index in [2.05, 4.69) is 87.6 Å². The van der Waals surface area contributed by atoms with Crippen molar-refractivity contribution in [3.05, 3.63) is 54.6 Å². The SMILES string of the molecule is CC(C)C.NC(=O)CCC(=O)O.NC(=O)CCC(=O)O.[CH2-]C1CC(C(C)(C)C)CCC1[NH-].[CH2-]c1cc(C(C)(C)C)ccc1[NH-].[Pt+2].[Pt+2]. The van der Waals surface area contributed by atoms with Crippen LogP contribution in [0, 0.1) is 37.0 Å². The Bertz CT molecular complexity index is 950. The molecule has 0 aromatic heterocycles. The normalized spacial score (nSPS) is 16.7. The average Bonchev–Trinajstić information content (AvgIpc) is 2.84. The number of amides is 2. The van der Waals surface area contributed by atoms with Crippen LogP contribution in [0.3, 0.4) is 0 Å². The maximum Gasteiger partial charge on any atom is 2.00 e. The van der Waals surface area contributed by atoms with Crippen molar-refractivity contribution in [3.63, 3.8) is 0 Å². The zero-order chi connectivity index (χ0) is 35.4. The van der Waals surface area contributed by atoms with Crippen molar-refractivity contribution >= 4 is 29.4 Å². The number of nitrogens with two attached hydrogens (primary N) is 2. The second-order valence-electron chi connectivity index (χ2n) is 13.8. The van der Waals surface area contributed by atoms with E-state index < -0.39 is 23.8 Å². The quantitative estimate of drug-likeness (QED) is 0.208. The molecule has 2 rings (SSSR count). The Morgan fingerprint density at radius 3 is 1.50 bits per heavy atom. The number of hydrogen-bond donors (Lipinski definition) is 4. The van der Waals surface area contributed by atoms with Gasteiger partial charge in [0.2, 0.25) is 11.8 Å². The van der Waals surface area contributed by atoms with Crippen LogP contribution in [0.1, 0.15) is 118 Å². The van der Waals surface area contributed by atoms with Crippen LogP contribution >= 0.6 is 0 Å². The molecule has 46 heavy (non-hydrogen) atoms. The van der Waals surface area contributed by atoms with Crippen molar-refractivity contribution in [3.8, 4) is 0 Å². The van der Waals surface area contributed by atoms with Crippen LogP contribution in [0.4, 0.5) is 5.69 Å². The van der Waals surface area contributed by atoms with Crippen LogP contribution < -0.4 is 11.5 Å². The van der Waals surface area contributed by atoms with Gasteiger partial charge in [-0.3, -0.25) is 24.9 Å². The molecule has 0 radical (unpaired) electrons. The number of aliphatic carboxylic acids is 2. The number of nitrogens with one attached hydrogen (secondary N) is 2. The molecule has 1 aliphatic rings. The van der Waals surface area contributed by atoms with E-state index in [1.54, 1.807) is 0 Å². The van der Waals surface area contributed by atoms with Gasteiger partial charge in [-0.25, -0.2) is 12.5 Å². The molecule has 3 unspecified atom stereocenters. The third-order valence-corrected chi connectivity index (χ3v) is 6.35. The molecule has 272 valence electrons. The molecule has 12 heteroatoms. The molecule has 1 saturated carbocycles. The molecule has 1 aromatic rings. The summed E-state index contributed by atoms with van der Waals surface area (Å²) in [5, 5.41) is 15.9. The van der Waals surface area contributed by atoms with Crippen LogP contribution in [0.15, 0.2) is 18.2 Å². The van der Waals surface area contributed by atoms with E-state index in [-0.39, 0.29) is 79.3 Å². The molecule has 1 fully saturated rings. The van der Waals surface area contributed by atoms with E-state index in [4.69, 9.17) is 21.7 Å². The molecule has 0 bridgehead atoms. The molecule has 8 N–H and O–H groups in total. The average molecular weight is 1010 g/mol. The second kappa shape index (κ2) is 27.1. The summed E-state index contributed by atoms with van der Waals surface area (Å²) in [7, 11) is 0. The first-order valence-corrected chi connectivity index (χ1v) is 15.0. The minimum absolute atomic E-state index is 0. The second-order valence-corrected chi connectivity index (χ2v) is 13.8. The Kier molecular flexibility index (Phi) is 31.6. The van der Waals surface area contributed by atoms with Gasteiger partial charge in [0.05, 0.1) is 12.8 Å². The summed E-state index contributed by atoms with van der Waals surface area (Å²) >= 11 is 0. The van der Waals surface area contributed by atoms with Gasteiger partial charge in [0.1, 0.15) is 0 Å². The zero-order valence-electron chi connectivity index (χ0n) is 29.2. The van der Waals surface area contributed by atoms with Gasteiger partial charge < -0.3 is 40.1 Å². The van der Waals surface area contributed by atoms with Crippen LogP contribution in [-0.4, -0.2) is 40.0 Å². The number of carbonyl (C=O) groups excluding carboxylic acids is 2. The van der Waals surface area contributed by atoms with Gasteiger partial charge in [-0.15, -0.1) is 6.07 Å². The third kappa shape index (κ3) is 33.5. The van der Waals surface area contributed by atoms with Crippen molar-refractivity contribution in [2.24, 2.45) is 34.6 Å². The standard InChI is InChI=1S/C11H21N.C11H15N.2C4H7NO3.C4H10.2Pt/c2*1-8-7-9(11(2,3)4)5-6-10(8)12;2*5-3(6)1-2-4(7)8;1-4(2)3;;/h8-10,12H,1,5-7H2,2-4H3;5-7,12H,1H2,2-4H3;2*1-2H2,(H2,5,6)(H,7,8);4H,1-3H3;;/q2*-2;;;;2*+2. The van der Waals surface area contributed by atoms with Crippen LogP contribution in [0.5, 0.6) is 0 Å². The van der Waals surface area contributed by atoms with E-state index in [1.165, 1.54) is 12.0 Å². The number of carboxylic acids is 2. The fourth-order valence-corrected chi connectivity index (χ4v) is 3.57. The van der Waals surface area contributed by atoms with Crippen molar-refractivity contribution in [2.45, 2.75) is 119 Å². The summed E-state index contributed by atoms with van der Waals surface area (Å²) in [6.07, 6.45) is 2.94. The fourth-order valence-electron chi connectivity index (χ4n) is 3.57. The Hall–Kier alpha value is -1.89. The molecular formula is C34H60N4O6Pt2. The Morgan fingerprint density at radius 2 is 1.26 bits per heavy atom. The molecule has 0 saturated heterocycles. The van der Waals surface area contributed by atoms with Gasteiger partial charge >= 0.3 is 54.1 Å². The van der Waals surface area contributed by atoms with E-state index in [0.29, 0.717) is 17.0 Å². The molecule has 0 spiro atoms. The third-order valence-electron chi connectivity index (χ3n) is 6.35. The molecule has 0 aliphatic heterocycles. The van der Waals surface area contributed by atoms with Crippen LogP contribution in [0.25, 0.3) is 11.5 Å². The van der Waals surface area contributed by atoms with Crippen molar-refractivity contribution in [2.75, 3.05) is 0 Å². The van der Waals surface area contributed by atoms with Gasteiger partial charge in [-0.05, 0) is 22.7 Å². The summed E-state index contributed by atoms with van der Waals surface area (Å²) in [4.78, 5) is 39.1. The predicted molar refractivity (Wildman–Crippen MR) is 180 cm³/mol. The predicted octanol–water partition coefficient (Wildman–Crippen LogP) is 7.88. The summed E-state index contributed by atoms with van der Waals surface area (Å²) in [6, 6.07) is 5.89. The molecular weight excluding hydrogens is 951 g/mol. The Morgan fingerprint density at radius 1 is 0.870 bits per heavy atom. The monoisotopic (exact) mass is 1010 g/mol. The van der Waals surface area contributed by atoms with Crippen LogP contribution in [-0.2, 0) is 66.7 Å². The summed E-state index contributed by atoms with van der Waals surface area (Å²) in [5.41, 5.74) is 27.6. The smallest absolute Gasteiger partial charge is 0.756 e. The van der Waals surface area contributed by atoms with Gasteiger partial charge in [-0.2, -0.15) is 18.0 Å². The first-order valence-electron chi connectivity index (χ1n) is 15.0. The van der Waals surface area contributed by atoms with Gasteiger partial charge in [-0.1, -0.05) is 93.2 Å². The van der Waals surface area contributed by atoms with Gasteiger partial charge in [0, 0.05) is 12.8 Å². The molecule has 3 atom stereocenters. The van der Waals surface area contributed by atoms with E-state index in [0.717, 1.165) is 30.2 Å². The number of hydrogen-bond acceptors (Lipinski definition) is 4. The first kappa shape index (κ1) is 53.6. The Balaban J connectivity index is -0.000000157. The molecule has 1 aromatic carbocycles. The molecule has 10 nitrogen and oxygen atoms in total. The van der Waals surface area contributed by atoms with Gasteiger partial charge in [0.25, 0.3) is 0 Å². The minimum atomic E-state index is -0.996. The van der Waals surface area contributed by atoms with Gasteiger partial charge in [0.15, 0.2) is 0 Å². The summed E-state index contributed by atoms with van der Waals surface area (Å²) < 4.78 is 0. The summed E-state index contributed by atoms with van der Waals surface area (Å²) in [6.45, 7) is 27.7. The van der Waals surface area contributed by atoms with E-state index >= 15 is 0 Å². The number of benzene rings is 1. The molecule has 2 amide bonds. The maximum absolute atomic E-state index is 9.86. The molecule has 1 aliphatic carbocycles.